The molecule has 1 aromatic carbocycles. The van der Waals surface area contributed by atoms with Crippen molar-refractivity contribution >= 4 is 5.96 Å². The lowest BCUT2D eigenvalue weighted by molar-refractivity contribution is 0.186. The molecule has 2 heterocycles. The molecular weight excluding hydrogens is 368 g/mol. The topological polar surface area (TPSA) is 96.6 Å². The van der Waals surface area contributed by atoms with E-state index in [9.17, 15) is 5.11 Å². The van der Waals surface area contributed by atoms with E-state index < -0.39 is 6.10 Å². The minimum atomic E-state index is -0.692. The van der Waals surface area contributed by atoms with E-state index in [1.165, 1.54) is 0 Å². The van der Waals surface area contributed by atoms with Crippen LogP contribution < -0.4 is 15.4 Å². The molecule has 2 unspecified atom stereocenters. The highest BCUT2D eigenvalue weighted by molar-refractivity contribution is 5.80. The largest absolute Gasteiger partial charge is 0.497 e. The maximum Gasteiger partial charge on any atom is 0.191 e. The number of methoxy groups -OCH3 is 1. The predicted octanol–water partition coefficient (Wildman–Crippen LogP) is 2.01. The maximum absolute atomic E-state index is 10.5. The van der Waals surface area contributed by atoms with Crippen LogP contribution in [0.25, 0.3) is 0 Å². The van der Waals surface area contributed by atoms with E-state index >= 15 is 0 Å². The van der Waals surface area contributed by atoms with Gasteiger partial charge in [0.25, 0.3) is 0 Å². The van der Waals surface area contributed by atoms with Crippen LogP contribution in [-0.4, -0.2) is 52.1 Å². The molecule has 0 spiro atoms. The fraction of sp³-hybridized carbons (Fsp3) is 0.571. The van der Waals surface area contributed by atoms with Crippen LogP contribution >= 0.6 is 0 Å². The fourth-order valence-electron chi connectivity index (χ4n) is 3.34. The summed E-state index contributed by atoms with van der Waals surface area (Å²) in [6.07, 6.45) is 1.17. The lowest BCUT2D eigenvalue weighted by Gasteiger charge is -2.25. The summed E-state index contributed by atoms with van der Waals surface area (Å²) in [5.41, 5.74) is 0.787. The van der Waals surface area contributed by atoms with Crippen molar-refractivity contribution in [2.24, 2.45) is 4.99 Å². The number of benzene rings is 1. The van der Waals surface area contributed by atoms with Gasteiger partial charge in [0, 0.05) is 24.9 Å². The zero-order valence-electron chi connectivity index (χ0n) is 17.7. The van der Waals surface area contributed by atoms with Crippen molar-refractivity contribution < 1.29 is 9.84 Å². The number of aliphatic hydroxyl groups excluding tert-OH is 1. The van der Waals surface area contributed by atoms with Crippen molar-refractivity contribution in [1.29, 1.82) is 0 Å². The number of guanidine groups is 1. The highest BCUT2D eigenvalue weighted by Crippen LogP contribution is 2.20. The number of ether oxygens (including phenoxy) is 1. The number of hydrogen-bond acceptors (Lipinski definition) is 5. The molecule has 29 heavy (non-hydrogen) atoms. The van der Waals surface area contributed by atoms with Crippen molar-refractivity contribution in [3.8, 4) is 5.75 Å². The minimum Gasteiger partial charge on any atom is -0.497 e. The third-order valence-electron chi connectivity index (χ3n) is 4.98. The van der Waals surface area contributed by atoms with Gasteiger partial charge >= 0.3 is 0 Å². The van der Waals surface area contributed by atoms with Crippen LogP contribution in [0.2, 0.25) is 0 Å². The lowest BCUT2D eigenvalue weighted by atomic mass is 10.1. The SMILES string of the molecule is CCNC(=NCC(O)c1cccc(OC)c1)NC1CCc2nc(C(C)C)nn2C1. The van der Waals surface area contributed by atoms with Crippen LogP contribution in [-0.2, 0) is 13.0 Å². The van der Waals surface area contributed by atoms with Crippen molar-refractivity contribution in [3.63, 3.8) is 0 Å². The Labute approximate surface area is 172 Å². The third kappa shape index (κ3) is 5.47. The van der Waals surface area contributed by atoms with Gasteiger partial charge in [0.05, 0.1) is 26.3 Å². The summed E-state index contributed by atoms with van der Waals surface area (Å²) in [5.74, 6) is 3.72. The second kappa shape index (κ2) is 9.73. The summed E-state index contributed by atoms with van der Waals surface area (Å²) in [6.45, 7) is 8.03. The molecule has 3 N–H and O–H groups in total. The van der Waals surface area contributed by atoms with Gasteiger partial charge in [-0.15, -0.1) is 0 Å². The highest BCUT2D eigenvalue weighted by atomic mass is 16.5. The number of nitrogens with one attached hydrogen (secondary N) is 2. The average molecular weight is 401 g/mol. The zero-order valence-corrected chi connectivity index (χ0v) is 17.7. The van der Waals surface area contributed by atoms with E-state index in [4.69, 9.17) is 4.74 Å². The third-order valence-corrected chi connectivity index (χ3v) is 4.98. The van der Waals surface area contributed by atoms with Gasteiger partial charge in [-0.3, -0.25) is 4.99 Å². The molecule has 0 saturated heterocycles. The first-order valence-electron chi connectivity index (χ1n) is 10.3. The molecule has 1 aromatic heterocycles. The quantitative estimate of drug-likeness (QED) is 0.486. The Morgan fingerprint density at radius 3 is 2.97 bits per heavy atom. The Morgan fingerprint density at radius 1 is 1.41 bits per heavy atom. The van der Waals surface area contributed by atoms with E-state index in [0.717, 1.165) is 48.9 Å². The molecule has 8 nitrogen and oxygen atoms in total. The number of aromatic nitrogens is 3. The Balaban J connectivity index is 1.63. The normalized spacial score (nSPS) is 17.7. The predicted molar refractivity (Wildman–Crippen MR) is 113 cm³/mol. The first-order chi connectivity index (χ1) is 14.0. The maximum atomic E-state index is 10.5. The second-order valence-corrected chi connectivity index (χ2v) is 7.62. The summed E-state index contributed by atoms with van der Waals surface area (Å²) < 4.78 is 7.23. The summed E-state index contributed by atoms with van der Waals surface area (Å²) >= 11 is 0. The number of rotatable bonds is 7. The van der Waals surface area contributed by atoms with Crippen LogP contribution in [0.3, 0.4) is 0 Å². The molecule has 0 fully saturated rings. The minimum absolute atomic E-state index is 0.218. The van der Waals surface area contributed by atoms with Gasteiger partial charge in [-0.2, -0.15) is 5.10 Å². The number of nitrogens with zero attached hydrogens (tertiary/aromatic N) is 4. The number of hydrogen-bond donors (Lipinski definition) is 3. The molecule has 158 valence electrons. The molecule has 1 aliphatic rings. The molecule has 0 amide bonds. The average Bonchev–Trinajstić information content (AvgIpc) is 3.16. The summed E-state index contributed by atoms with van der Waals surface area (Å²) in [5, 5.41) is 21.9. The van der Waals surface area contributed by atoms with Crippen molar-refractivity contribution in [3.05, 3.63) is 41.5 Å². The lowest BCUT2D eigenvalue weighted by Crippen LogP contribution is -2.47. The number of aryl methyl sites for hydroxylation is 1. The molecule has 1 aliphatic heterocycles. The monoisotopic (exact) mass is 400 g/mol. The van der Waals surface area contributed by atoms with Crippen molar-refractivity contribution in [1.82, 2.24) is 25.4 Å². The molecule has 2 atom stereocenters. The molecule has 2 aromatic rings. The van der Waals surface area contributed by atoms with E-state index in [1.807, 2.05) is 35.9 Å². The molecule has 0 aliphatic carbocycles. The van der Waals surface area contributed by atoms with Gasteiger partial charge in [-0.25, -0.2) is 9.67 Å². The van der Waals surface area contributed by atoms with E-state index in [2.05, 4.69) is 39.6 Å². The number of aliphatic hydroxyl groups is 1. The molecule has 0 radical (unpaired) electrons. The van der Waals surface area contributed by atoms with Gasteiger partial charge < -0.3 is 20.5 Å². The smallest absolute Gasteiger partial charge is 0.191 e. The van der Waals surface area contributed by atoms with Gasteiger partial charge in [-0.1, -0.05) is 26.0 Å². The van der Waals surface area contributed by atoms with E-state index in [1.54, 1.807) is 7.11 Å². The number of aliphatic imine (C=N–C) groups is 1. The van der Waals surface area contributed by atoms with Gasteiger partial charge in [-0.05, 0) is 31.0 Å². The Kier molecular flexibility index (Phi) is 7.09. The summed E-state index contributed by atoms with van der Waals surface area (Å²) in [7, 11) is 1.62. The van der Waals surface area contributed by atoms with Crippen LogP contribution in [0.1, 0.15) is 56.4 Å². The first-order valence-corrected chi connectivity index (χ1v) is 10.3. The van der Waals surface area contributed by atoms with Crippen molar-refractivity contribution in [2.45, 2.75) is 58.2 Å². The molecule has 8 heteroatoms. The summed E-state index contributed by atoms with van der Waals surface area (Å²) in [6, 6.07) is 7.66. The van der Waals surface area contributed by atoms with E-state index in [-0.39, 0.29) is 12.6 Å². The summed E-state index contributed by atoms with van der Waals surface area (Å²) in [4.78, 5) is 9.23. The van der Waals surface area contributed by atoms with Gasteiger partial charge in [0.1, 0.15) is 11.6 Å². The van der Waals surface area contributed by atoms with Crippen LogP contribution in [0.5, 0.6) is 5.75 Å². The Morgan fingerprint density at radius 2 is 2.24 bits per heavy atom. The molecular formula is C21H32N6O2. The standard InChI is InChI=1S/C21H32N6O2/c1-5-22-21(23-12-18(28)15-7-6-8-17(11-15)29-4)24-16-9-10-19-25-20(14(2)3)26-27(19)13-16/h6-8,11,14,16,18,28H,5,9-10,12-13H2,1-4H3,(H2,22,23,24). The van der Waals surface area contributed by atoms with Crippen molar-refractivity contribution in [2.75, 3.05) is 20.2 Å². The fourth-order valence-corrected chi connectivity index (χ4v) is 3.34. The highest BCUT2D eigenvalue weighted by Gasteiger charge is 2.23. The second-order valence-electron chi connectivity index (χ2n) is 7.62. The zero-order chi connectivity index (χ0) is 20.8. The van der Waals surface area contributed by atoms with Crippen LogP contribution in [0.4, 0.5) is 0 Å². The van der Waals surface area contributed by atoms with Crippen LogP contribution in [0, 0.1) is 0 Å². The van der Waals surface area contributed by atoms with Gasteiger partial charge in [0.15, 0.2) is 11.8 Å². The first kappa shape index (κ1) is 21.1. The Hall–Kier alpha value is -2.61. The molecule has 0 bridgehead atoms. The van der Waals surface area contributed by atoms with Gasteiger partial charge in [0.2, 0.25) is 0 Å². The molecule has 0 saturated carbocycles. The number of fused-ring (bicyclic) bond motifs is 1. The Bertz CT molecular complexity index is 832. The molecule has 3 rings (SSSR count). The van der Waals surface area contributed by atoms with E-state index in [0.29, 0.717) is 11.9 Å². The van der Waals surface area contributed by atoms with Crippen LogP contribution in [0.15, 0.2) is 29.3 Å².